The van der Waals surface area contributed by atoms with E-state index in [0.29, 0.717) is 75.8 Å². The third-order valence-electron chi connectivity index (χ3n) is 9.77. The summed E-state index contributed by atoms with van der Waals surface area (Å²) in [5.41, 5.74) is -11.1. The minimum Gasteiger partial charge on any atom is -0.481 e. The first kappa shape index (κ1) is 62.9. The molecular formula is C41H63F3N2O18S4. The van der Waals surface area contributed by atoms with E-state index in [1.807, 2.05) is 6.07 Å². The number of halogens is 3. The van der Waals surface area contributed by atoms with E-state index in [9.17, 15) is 54.8 Å². The second-order valence-corrected chi connectivity index (χ2v) is 20.7. The van der Waals surface area contributed by atoms with Crippen LogP contribution < -0.4 is 4.13 Å². The third-order valence-corrected chi connectivity index (χ3v) is 14.8. The number of hydrogen-bond acceptors (Lipinski definition) is 20. The average Bonchev–Trinajstić information content (AvgIpc) is 3.28. The summed E-state index contributed by atoms with van der Waals surface area (Å²) in [5.74, 6) is -5.21. The molecule has 0 spiro atoms. The van der Waals surface area contributed by atoms with Crippen molar-refractivity contribution in [2.24, 2.45) is 16.2 Å². The Labute approximate surface area is 405 Å². The molecule has 68 heavy (non-hydrogen) atoms. The predicted octanol–water partition coefficient (Wildman–Crippen LogP) is 3.51. The fraction of sp³-hybridized carbons (Fsp3) is 0.732. The smallest absolute Gasteiger partial charge is 0.481 e. The van der Waals surface area contributed by atoms with Crippen molar-refractivity contribution in [3.8, 4) is 6.07 Å². The molecule has 390 valence electrons. The van der Waals surface area contributed by atoms with Crippen molar-refractivity contribution in [2.45, 2.75) is 45.5 Å². The van der Waals surface area contributed by atoms with Crippen LogP contribution in [0, 0.1) is 27.6 Å². The molecule has 2 N–H and O–H groups in total. The molecule has 0 aromatic heterocycles. The Morgan fingerprint density at radius 3 is 1.54 bits per heavy atom. The third kappa shape index (κ3) is 24.6. The van der Waals surface area contributed by atoms with Gasteiger partial charge in [0.15, 0.2) is 0 Å². The lowest BCUT2D eigenvalue weighted by atomic mass is 9.58. The van der Waals surface area contributed by atoms with E-state index in [2.05, 4.69) is 0 Å². The van der Waals surface area contributed by atoms with E-state index in [1.54, 1.807) is 37.4 Å². The molecule has 3 atom stereocenters. The fourth-order valence-corrected chi connectivity index (χ4v) is 9.38. The summed E-state index contributed by atoms with van der Waals surface area (Å²) < 4.78 is 140. The van der Waals surface area contributed by atoms with Crippen LogP contribution in [0.1, 0.15) is 45.6 Å². The molecule has 0 aliphatic heterocycles. The van der Waals surface area contributed by atoms with Crippen molar-refractivity contribution in [3.05, 3.63) is 35.9 Å². The molecule has 0 radical (unpaired) electrons. The van der Waals surface area contributed by atoms with Crippen LogP contribution in [0.15, 0.2) is 30.3 Å². The Morgan fingerprint density at radius 2 is 1.13 bits per heavy atom. The van der Waals surface area contributed by atoms with Crippen LogP contribution in [0.5, 0.6) is 0 Å². The first-order chi connectivity index (χ1) is 32.0. The fourth-order valence-electron chi connectivity index (χ4n) is 5.74. The van der Waals surface area contributed by atoms with E-state index in [-0.39, 0.29) is 49.6 Å². The number of esters is 2. The minimum absolute atomic E-state index is 0.0927. The molecule has 1 rings (SSSR count). The summed E-state index contributed by atoms with van der Waals surface area (Å²) in [6.45, 7) is 7.45. The quantitative estimate of drug-likeness (QED) is 0.0541. The van der Waals surface area contributed by atoms with Crippen LogP contribution in [0.4, 0.5) is 13.2 Å². The van der Waals surface area contributed by atoms with Crippen LogP contribution in [0.3, 0.4) is 0 Å². The molecule has 0 aliphatic carbocycles. The number of carboxylic acids is 1. The second kappa shape index (κ2) is 32.7. The van der Waals surface area contributed by atoms with Gasteiger partial charge in [0.25, 0.3) is 0 Å². The summed E-state index contributed by atoms with van der Waals surface area (Å²) in [5, 5.41) is 20.0. The highest BCUT2D eigenvalue weighted by molar-refractivity contribution is 8.23. The van der Waals surface area contributed by atoms with Crippen LogP contribution in [-0.2, 0) is 81.8 Å². The van der Waals surface area contributed by atoms with Gasteiger partial charge in [-0.15, -0.1) is 15.9 Å². The zero-order valence-electron chi connectivity index (χ0n) is 38.5. The minimum atomic E-state index is -6.32. The topological polar surface area (TPSA) is 268 Å². The Bertz CT molecular complexity index is 1930. The van der Waals surface area contributed by atoms with E-state index in [4.69, 9.17) is 59.6 Å². The van der Waals surface area contributed by atoms with Crippen molar-refractivity contribution < 1.29 is 96.9 Å². The van der Waals surface area contributed by atoms with E-state index in [1.165, 1.54) is 20.8 Å². The van der Waals surface area contributed by atoms with Gasteiger partial charge in [0.05, 0.1) is 131 Å². The molecule has 0 bridgehead atoms. The van der Waals surface area contributed by atoms with Crippen LogP contribution in [0.25, 0.3) is 0 Å². The van der Waals surface area contributed by atoms with Gasteiger partial charge in [0.1, 0.15) is 13.2 Å². The standard InChI is InChI=1S/C41H63F3N2O18S4/c1-38(32-66-35(65)33-8-6-5-7-9-33,36(49)64-28-29-67(51,52)46-68(53,54)41(42,43)44)30-40(3,39(2,31-45)11-10-34(47)48)37(50)63-27-26-62-25-24-61-23-22-60-21-20-59-19-18-58-17-16-57-15-14-56-13-12-55-4/h5-9,46H,10-30,32H2,1-4H3,(H,47,48). The van der Waals surface area contributed by atoms with Crippen molar-refractivity contribution >= 4 is 66.1 Å². The average molecular weight is 1060 g/mol. The number of benzene rings is 1. The van der Waals surface area contributed by atoms with Crippen molar-refractivity contribution in [2.75, 3.05) is 131 Å². The number of rotatable bonds is 40. The Hall–Kier alpha value is -3.11. The summed E-state index contributed by atoms with van der Waals surface area (Å²) in [7, 11) is -9.94. The molecule has 3 unspecified atom stereocenters. The van der Waals surface area contributed by atoms with Crippen LogP contribution in [0.2, 0.25) is 0 Å². The molecular weight excluding hydrogens is 994 g/mol. The van der Waals surface area contributed by atoms with E-state index < -0.39 is 91.3 Å². The highest BCUT2D eigenvalue weighted by Gasteiger charge is 2.57. The summed E-state index contributed by atoms with van der Waals surface area (Å²) in [4.78, 5) is 39.7. The van der Waals surface area contributed by atoms with Gasteiger partial charge in [-0.25, -0.2) is 16.8 Å². The number of nitrogens with one attached hydrogen (secondary N) is 1. The van der Waals surface area contributed by atoms with Gasteiger partial charge < -0.3 is 52.5 Å². The first-order valence-corrected chi connectivity index (χ1v) is 25.6. The Balaban J connectivity index is 2.82. The number of hydrogen-bond donors (Lipinski definition) is 2. The predicted molar refractivity (Wildman–Crippen MR) is 243 cm³/mol. The Morgan fingerprint density at radius 1 is 0.706 bits per heavy atom. The lowest BCUT2D eigenvalue weighted by molar-refractivity contribution is -0.170. The molecule has 0 fully saturated rings. The summed E-state index contributed by atoms with van der Waals surface area (Å²) >= 11 is 6.50. The number of carbonyl (C=O) groups is 3. The number of carboxylic acid groups (broad SMARTS) is 1. The molecule has 20 nitrogen and oxygen atoms in total. The zero-order chi connectivity index (χ0) is 51.2. The van der Waals surface area contributed by atoms with Crippen molar-refractivity contribution in [1.82, 2.24) is 4.13 Å². The first-order valence-electron chi connectivity index (χ1n) is 21.0. The number of sulfonamides is 2. The van der Waals surface area contributed by atoms with Gasteiger partial charge in [-0.2, -0.15) is 18.4 Å². The maximum atomic E-state index is 14.1. The summed E-state index contributed by atoms with van der Waals surface area (Å²) in [6, 6.07) is 10.5. The molecule has 0 aliphatic rings. The number of thiocarbonyl (C=S) groups is 1. The number of nitrogens with zero attached hydrogens (tertiary/aromatic N) is 1. The number of alkyl halides is 3. The van der Waals surface area contributed by atoms with Gasteiger partial charge >= 0.3 is 33.4 Å². The van der Waals surface area contributed by atoms with Crippen molar-refractivity contribution in [3.63, 3.8) is 0 Å². The van der Waals surface area contributed by atoms with Crippen LogP contribution >= 0.6 is 24.0 Å². The monoisotopic (exact) mass is 1060 g/mol. The maximum absolute atomic E-state index is 14.1. The Kier molecular flexibility index (Phi) is 30.3. The van der Waals surface area contributed by atoms with Gasteiger partial charge in [-0.05, 0) is 39.2 Å². The SMILES string of the molecule is COCCOCCOCCOCCOCCOCCOCCOCCOC(=O)C(C)(CC(C)(CSC(=S)c1ccccc1)C(=O)OCCS(=O)(=O)NS(=O)(=O)C(F)(F)F)C(C)(C#N)CCC(=O)O. The molecule has 0 saturated heterocycles. The van der Waals surface area contributed by atoms with Gasteiger partial charge in [-0.3, -0.25) is 14.4 Å². The molecule has 1 aromatic rings. The molecule has 27 heteroatoms. The number of methoxy groups -OCH3 is 1. The number of carbonyl (C=O) groups excluding carboxylic acids is 2. The molecule has 0 heterocycles. The zero-order valence-corrected chi connectivity index (χ0v) is 41.8. The number of nitriles is 1. The second-order valence-electron chi connectivity index (χ2n) is 15.3. The lowest BCUT2D eigenvalue weighted by Gasteiger charge is -2.44. The normalized spacial score (nSPS) is 14.8. The van der Waals surface area contributed by atoms with Gasteiger partial charge in [0.2, 0.25) is 10.0 Å². The number of aliphatic carboxylic acids is 1. The highest BCUT2D eigenvalue weighted by Crippen LogP contribution is 2.51. The maximum Gasteiger partial charge on any atom is 0.512 e. The lowest BCUT2D eigenvalue weighted by Crippen LogP contribution is -2.50. The molecule has 0 amide bonds. The number of ether oxygens (including phenoxy) is 10. The van der Waals surface area contributed by atoms with Gasteiger partial charge in [0, 0.05) is 19.3 Å². The van der Waals surface area contributed by atoms with Gasteiger partial charge in [-0.1, -0.05) is 42.5 Å². The van der Waals surface area contributed by atoms with E-state index >= 15 is 0 Å². The van der Waals surface area contributed by atoms with E-state index in [0.717, 1.165) is 11.8 Å². The molecule has 0 saturated carbocycles. The molecule has 1 aromatic carbocycles. The highest BCUT2D eigenvalue weighted by atomic mass is 32.3. The van der Waals surface area contributed by atoms with Crippen molar-refractivity contribution in [1.29, 1.82) is 5.26 Å². The largest absolute Gasteiger partial charge is 0.512 e. The number of thioether (sulfide) groups is 1. The van der Waals surface area contributed by atoms with Crippen LogP contribution in [-0.4, -0.2) is 180 Å². The summed E-state index contributed by atoms with van der Waals surface area (Å²) in [6.07, 6.45) is -1.55.